The van der Waals surface area contributed by atoms with Crippen molar-refractivity contribution in [2.75, 3.05) is 6.54 Å². The lowest BCUT2D eigenvalue weighted by Crippen LogP contribution is -2.36. The highest BCUT2D eigenvalue weighted by Crippen LogP contribution is 2.22. The van der Waals surface area contributed by atoms with Crippen molar-refractivity contribution in [1.29, 1.82) is 0 Å². The Labute approximate surface area is 110 Å². The molecule has 0 saturated heterocycles. The first-order valence-corrected chi connectivity index (χ1v) is 6.43. The number of carbonyl (C=O) groups excluding carboxylic acids is 1. The third-order valence-electron chi connectivity index (χ3n) is 3.21. The van der Waals surface area contributed by atoms with Crippen molar-refractivity contribution in [3.63, 3.8) is 0 Å². The maximum Gasteiger partial charge on any atom is 0.239 e. The molecule has 0 saturated carbocycles. The Hall–Kier alpha value is -1.35. The number of carbonyl (C=O) groups is 1. The summed E-state index contributed by atoms with van der Waals surface area (Å²) in [6.07, 6.45) is 0. The molecule has 1 unspecified atom stereocenters. The first-order valence-electron chi connectivity index (χ1n) is 6.43. The number of hydrogen-bond acceptors (Lipinski definition) is 2. The van der Waals surface area contributed by atoms with Gasteiger partial charge in [0.2, 0.25) is 5.91 Å². The van der Waals surface area contributed by atoms with Crippen LogP contribution in [0.25, 0.3) is 0 Å². The summed E-state index contributed by atoms with van der Waals surface area (Å²) in [5, 5.41) is 3.25. The summed E-state index contributed by atoms with van der Waals surface area (Å²) in [6.45, 7) is 11.1. The van der Waals surface area contributed by atoms with E-state index in [1.54, 1.807) is 0 Å². The van der Waals surface area contributed by atoms with Gasteiger partial charge in [0.15, 0.2) is 0 Å². The number of rotatable bonds is 5. The van der Waals surface area contributed by atoms with Gasteiger partial charge in [-0.05, 0) is 55.5 Å². The van der Waals surface area contributed by atoms with E-state index < -0.39 is 6.04 Å². The zero-order valence-electron chi connectivity index (χ0n) is 12.0. The van der Waals surface area contributed by atoms with Crippen LogP contribution < -0.4 is 11.1 Å². The fourth-order valence-electron chi connectivity index (χ4n) is 2.01. The Morgan fingerprint density at radius 2 is 1.72 bits per heavy atom. The number of hydrogen-bond donors (Lipinski definition) is 2. The van der Waals surface area contributed by atoms with Crippen LogP contribution in [0, 0.1) is 26.7 Å². The standard InChI is InChI=1S/C15H24N2O/c1-9(2)8-17-14(15(16)18)13-7-11(4)10(3)6-12(13)5/h6-7,9,14,17H,8H2,1-5H3,(H2,16,18). The zero-order chi connectivity index (χ0) is 13.9. The first kappa shape index (κ1) is 14.7. The van der Waals surface area contributed by atoms with Crippen LogP contribution in [0.15, 0.2) is 12.1 Å². The van der Waals surface area contributed by atoms with Crippen molar-refractivity contribution in [1.82, 2.24) is 5.32 Å². The van der Waals surface area contributed by atoms with Crippen LogP contribution in [0.5, 0.6) is 0 Å². The van der Waals surface area contributed by atoms with Gasteiger partial charge in [0.25, 0.3) is 0 Å². The van der Waals surface area contributed by atoms with E-state index in [9.17, 15) is 4.79 Å². The molecular weight excluding hydrogens is 224 g/mol. The minimum atomic E-state index is -0.397. The maximum atomic E-state index is 11.6. The van der Waals surface area contributed by atoms with E-state index in [0.29, 0.717) is 5.92 Å². The topological polar surface area (TPSA) is 55.1 Å². The summed E-state index contributed by atoms with van der Waals surface area (Å²) < 4.78 is 0. The molecule has 0 spiro atoms. The number of nitrogens with one attached hydrogen (secondary N) is 1. The molecule has 0 aliphatic rings. The second-order valence-electron chi connectivity index (χ2n) is 5.43. The van der Waals surface area contributed by atoms with Gasteiger partial charge >= 0.3 is 0 Å². The molecule has 0 aliphatic heterocycles. The molecular formula is C15H24N2O. The van der Waals surface area contributed by atoms with Gasteiger partial charge in [-0.1, -0.05) is 26.0 Å². The van der Waals surface area contributed by atoms with Gasteiger partial charge in [-0.3, -0.25) is 4.79 Å². The number of nitrogens with two attached hydrogens (primary N) is 1. The number of primary amides is 1. The molecule has 1 rings (SSSR count). The molecule has 3 N–H and O–H groups in total. The second kappa shape index (κ2) is 6.01. The van der Waals surface area contributed by atoms with E-state index >= 15 is 0 Å². The van der Waals surface area contributed by atoms with Gasteiger partial charge in [-0.15, -0.1) is 0 Å². The maximum absolute atomic E-state index is 11.6. The molecule has 0 aliphatic carbocycles. The Kier molecular flexibility index (Phi) is 4.91. The summed E-state index contributed by atoms with van der Waals surface area (Å²) in [7, 11) is 0. The number of aryl methyl sites for hydroxylation is 3. The highest BCUT2D eigenvalue weighted by Gasteiger charge is 2.20. The zero-order valence-corrected chi connectivity index (χ0v) is 12.0. The summed E-state index contributed by atoms with van der Waals surface area (Å²) in [5.74, 6) is 0.167. The van der Waals surface area contributed by atoms with Gasteiger partial charge in [0.1, 0.15) is 6.04 Å². The molecule has 1 aromatic carbocycles. The third-order valence-corrected chi connectivity index (χ3v) is 3.21. The van der Waals surface area contributed by atoms with Crippen molar-refractivity contribution in [3.8, 4) is 0 Å². The predicted molar refractivity (Wildman–Crippen MR) is 75.4 cm³/mol. The van der Waals surface area contributed by atoms with E-state index in [0.717, 1.165) is 17.7 Å². The molecule has 1 aromatic rings. The Morgan fingerprint density at radius 1 is 1.17 bits per heavy atom. The Bertz CT molecular complexity index is 438. The minimum Gasteiger partial charge on any atom is -0.368 e. The predicted octanol–water partition coefficient (Wildman–Crippen LogP) is 2.38. The van der Waals surface area contributed by atoms with E-state index in [1.807, 2.05) is 6.92 Å². The van der Waals surface area contributed by atoms with E-state index in [-0.39, 0.29) is 5.91 Å². The highest BCUT2D eigenvalue weighted by molar-refractivity contribution is 5.82. The van der Waals surface area contributed by atoms with Crippen molar-refractivity contribution >= 4 is 5.91 Å². The fraction of sp³-hybridized carbons (Fsp3) is 0.533. The number of benzene rings is 1. The molecule has 1 amide bonds. The smallest absolute Gasteiger partial charge is 0.239 e. The van der Waals surface area contributed by atoms with E-state index in [2.05, 4.69) is 45.1 Å². The molecule has 3 nitrogen and oxygen atoms in total. The average molecular weight is 248 g/mol. The molecule has 0 radical (unpaired) electrons. The number of amides is 1. The van der Waals surface area contributed by atoms with Crippen LogP contribution >= 0.6 is 0 Å². The lowest BCUT2D eigenvalue weighted by molar-refractivity contribution is -0.120. The Morgan fingerprint density at radius 3 is 2.22 bits per heavy atom. The largest absolute Gasteiger partial charge is 0.368 e. The highest BCUT2D eigenvalue weighted by atomic mass is 16.1. The summed E-state index contributed by atoms with van der Waals surface area (Å²) in [4.78, 5) is 11.6. The minimum absolute atomic E-state index is 0.318. The average Bonchev–Trinajstić information content (AvgIpc) is 2.24. The quantitative estimate of drug-likeness (QED) is 0.840. The van der Waals surface area contributed by atoms with Gasteiger partial charge < -0.3 is 11.1 Å². The first-order chi connectivity index (χ1) is 8.32. The molecule has 0 aromatic heterocycles. The molecule has 100 valence electrons. The molecule has 0 heterocycles. The van der Waals surface area contributed by atoms with Gasteiger partial charge in [0.05, 0.1) is 0 Å². The lowest BCUT2D eigenvalue weighted by Gasteiger charge is -2.20. The van der Waals surface area contributed by atoms with Crippen molar-refractivity contribution in [3.05, 3.63) is 34.4 Å². The van der Waals surface area contributed by atoms with Gasteiger partial charge in [0, 0.05) is 0 Å². The second-order valence-corrected chi connectivity index (χ2v) is 5.43. The summed E-state index contributed by atoms with van der Waals surface area (Å²) in [6, 6.07) is 3.78. The molecule has 0 fully saturated rings. The van der Waals surface area contributed by atoms with Crippen LogP contribution in [0.2, 0.25) is 0 Å². The summed E-state index contributed by atoms with van der Waals surface area (Å²) in [5.41, 5.74) is 10.0. The lowest BCUT2D eigenvalue weighted by atomic mass is 9.95. The van der Waals surface area contributed by atoms with Crippen LogP contribution in [-0.4, -0.2) is 12.5 Å². The van der Waals surface area contributed by atoms with Crippen molar-refractivity contribution in [2.45, 2.75) is 40.7 Å². The monoisotopic (exact) mass is 248 g/mol. The van der Waals surface area contributed by atoms with Crippen LogP contribution in [0.1, 0.15) is 42.1 Å². The third kappa shape index (κ3) is 3.57. The van der Waals surface area contributed by atoms with Crippen molar-refractivity contribution in [2.24, 2.45) is 11.7 Å². The van der Waals surface area contributed by atoms with Gasteiger partial charge in [-0.2, -0.15) is 0 Å². The normalized spacial score (nSPS) is 12.8. The van der Waals surface area contributed by atoms with Crippen LogP contribution in [0.4, 0.5) is 0 Å². The summed E-state index contributed by atoms with van der Waals surface area (Å²) >= 11 is 0. The van der Waals surface area contributed by atoms with Crippen molar-refractivity contribution < 1.29 is 4.79 Å². The van der Waals surface area contributed by atoms with Gasteiger partial charge in [-0.25, -0.2) is 0 Å². The van der Waals surface area contributed by atoms with E-state index in [4.69, 9.17) is 5.73 Å². The molecule has 0 bridgehead atoms. The SMILES string of the molecule is Cc1cc(C)c(C(NCC(C)C)C(N)=O)cc1C. The fourth-order valence-corrected chi connectivity index (χ4v) is 2.01. The molecule has 3 heteroatoms. The molecule has 1 atom stereocenters. The molecule has 18 heavy (non-hydrogen) atoms. The van der Waals surface area contributed by atoms with Crippen LogP contribution in [-0.2, 0) is 4.79 Å². The van der Waals surface area contributed by atoms with E-state index in [1.165, 1.54) is 11.1 Å². The van der Waals surface area contributed by atoms with Crippen LogP contribution in [0.3, 0.4) is 0 Å². The Balaban J connectivity index is 3.06.